The molecule has 1 fully saturated rings. The summed E-state index contributed by atoms with van der Waals surface area (Å²) in [5.41, 5.74) is -0.317. The van der Waals surface area contributed by atoms with Crippen molar-refractivity contribution in [1.29, 1.82) is 0 Å². The second-order valence-electron chi connectivity index (χ2n) is 4.01. The molecule has 1 N–H and O–H groups in total. The predicted octanol–water partition coefficient (Wildman–Crippen LogP) is 1.49. The summed E-state index contributed by atoms with van der Waals surface area (Å²) in [7, 11) is 0. The number of hydrogen-bond acceptors (Lipinski definition) is 5. The SMILES string of the molecule is O=C(O)CSc1nc(=O)ccn1C1CCCSC1. The smallest absolute Gasteiger partial charge is 0.313 e. The Bertz CT molecular complexity index is 483. The summed E-state index contributed by atoms with van der Waals surface area (Å²) >= 11 is 2.99. The van der Waals surface area contributed by atoms with Crippen LogP contribution in [0.4, 0.5) is 0 Å². The van der Waals surface area contributed by atoms with E-state index in [1.54, 1.807) is 6.20 Å². The third kappa shape index (κ3) is 3.52. The average molecular weight is 286 g/mol. The molecule has 0 saturated carbocycles. The van der Waals surface area contributed by atoms with Crippen molar-refractivity contribution in [3.8, 4) is 0 Å². The molecule has 0 amide bonds. The van der Waals surface area contributed by atoms with Crippen molar-refractivity contribution in [2.24, 2.45) is 0 Å². The van der Waals surface area contributed by atoms with Crippen molar-refractivity contribution in [2.45, 2.75) is 24.0 Å². The highest BCUT2D eigenvalue weighted by Crippen LogP contribution is 2.29. The maximum absolute atomic E-state index is 11.3. The van der Waals surface area contributed by atoms with Gasteiger partial charge in [-0.3, -0.25) is 9.59 Å². The molecule has 1 atom stereocenters. The Morgan fingerprint density at radius 3 is 3.17 bits per heavy atom. The molecule has 1 aromatic rings. The summed E-state index contributed by atoms with van der Waals surface area (Å²) in [5.74, 6) is 1.19. The number of carboxylic acid groups (broad SMARTS) is 1. The molecule has 1 unspecified atom stereocenters. The number of hydrogen-bond donors (Lipinski definition) is 1. The summed E-state index contributed by atoms with van der Waals surface area (Å²) < 4.78 is 1.95. The van der Waals surface area contributed by atoms with E-state index in [4.69, 9.17) is 5.11 Å². The van der Waals surface area contributed by atoms with Crippen LogP contribution in [0.3, 0.4) is 0 Å². The normalized spacial score (nSPS) is 19.7. The third-order valence-corrected chi connectivity index (χ3v) is 4.81. The maximum Gasteiger partial charge on any atom is 0.313 e. The quantitative estimate of drug-likeness (QED) is 0.668. The topological polar surface area (TPSA) is 72.2 Å². The highest BCUT2D eigenvalue weighted by Gasteiger charge is 2.18. The molecule has 1 aliphatic rings. The van der Waals surface area contributed by atoms with E-state index in [0.29, 0.717) is 11.2 Å². The molecule has 18 heavy (non-hydrogen) atoms. The Morgan fingerprint density at radius 1 is 1.67 bits per heavy atom. The molecule has 2 rings (SSSR count). The first-order chi connectivity index (χ1) is 8.66. The highest BCUT2D eigenvalue weighted by molar-refractivity contribution is 7.99. The molecule has 1 saturated heterocycles. The zero-order chi connectivity index (χ0) is 13.0. The van der Waals surface area contributed by atoms with Crippen LogP contribution in [0.1, 0.15) is 18.9 Å². The van der Waals surface area contributed by atoms with Gasteiger partial charge >= 0.3 is 5.97 Å². The van der Waals surface area contributed by atoms with E-state index in [2.05, 4.69) is 4.98 Å². The lowest BCUT2D eigenvalue weighted by Crippen LogP contribution is -2.22. The number of aliphatic carboxylic acids is 1. The van der Waals surface area contributed by atoms with Gasteiger partial charge in [0.15, 0.2) is 5.16 Å². The predicted molar refractivity (Wildman–Crippen MR) is 72.5 cm³/mol. The van der Waals surface area contributed by atoms with Crippen LogP contribution in [-0.4, -0.2) is 37.9 Å². The van der Waals surface area contributed by atoms with Gasteiger partial charge in [0.05, 0.1) is 5.75 Å². The zero-order valence-corrected chi connectivity index (χ0v) is 11.4. The molecular weight excluding hydrogens is 272 g/mol. The van der Waals surface area contributed by atoms with Gasteiger partial charge in [-0.15, -0.1) is 0 Å². The largest absolute Gasteiger partial charge is 0.481 e. The van der Waals surface area contributed by atoms with Gasteiger partial charge in [0.2, 0.25) is 0 Å². The minimum atomic E-state index is -0.900. The van der Waals surface area contributed by atoms with Crippen LogP contribution in [0.15, 0.2) is 22.2 Å². The number of thioether (sulfide) groups is 2. The van der Waals surface area contributed by atoms with E-state index >= 15 is 0 Å². The number of carbonyl (C=O) groups is 1. The van der Waals surface area contributed by atoms with Gasteiger partial charge in [0.25, 0.3) is 5.56 Å². The van der Waals surface area contributed by atoms with Crippen LogP contribution in [0, 0.1) is 0 Å². The first-order valence-electron chi connectivity index (χ1n) is 5.68. The molecule has 2 heterocycles. The van der Waals surface area contributed by atoms with Crippen molar-refractivity contribution < 1.29 is 9.90 Å². The summed E-state index contributed by atoms with van der Waals surface area (Å²) in [5, 5.41) is 9.22. The van der Waals surface area contributed by atoms with E-state index in [9.17, 15) is 9.59 Å². The Morgan fingerprint density at radius 2 is 2.50 bits per heavy atom. The highest BCUT2D eigenvalue weighted by atomic mass is 32.2. The van der Waals surface area contributed by atoms with Crippen LogP contribution in [-0.2, 0) is 4.79 Å². The Labute approximate surface area is 113 Å². The van der Waals surface area contributed by atoms with E-state index in [1.165, 1.54) is 11.8 Å². The summed E-state index contributed by atoms with van der Waals surface area (Å²) in [6.45, 7) is 0. The van der Waals surface area contributed by atoms with Crippen molar-refractivity contribution in [1.82, 2.24) is 9.55 Å². The monoisotopic (exact) mass is 286 g/mol. The molecule has 0 radical (unpaired) electrons. The summed E-state index contributed by atoms with van der Waals surface area (Å²) in [6.07, 6.45) is 3.93. The first-order valence-corrected chi connectivity index (χ1v) is 7.82. The Kier molecular flexibility index (Phi) is 4.71. The maximum atomic E-state index is 11.3. The van der Waals surface area contributed by atoms with Gasteiger partial charge in [-0.05, 0) is 18.6 Å². The van der Waals surface area contributed by atoms with Gasteiger partial charge in [-0.2, -0.15) is 16.7 Å². The van der Waals surface area contributed by atoms with E-state index in [0.717, 1.165) is 30.4 Å². The molecular formula is C11H14N2O3S2. The van der Waals surface area contributed by atoms with E-state index in [-0.39, 0.29) is 11.3 Å². The lowest BCUT2D eigenvalue weighted by Gasteiger charge is -2.25. The number of carboxylic acids is 1. The lowest BCUT2D eigenvalue weighted by atomic mass is 10.2. The van der Waals surface area contributed by atoms with Gasteiger partial charge in [-0.1, -0.05) is 11.8 Å². The second-order valence-corrected chi connectivity index (χ2v) is 6.10. The number of aromatic nitrogens is 2. The van der Waals surface area contributed by atoms with Crippen LogP contribution in [0.5, 0.6) is 0 Å². The number of rotatable bonds is 4. The summed E-state index contributed by atoms with van der Waals surface area (Å²) in [6, 6.07) is 1.75. The standard InChI is InChI=1S/C11H14N2O3S2/c14-9-3-4-13(8-2-1-5-17-6-8)11(12-9)18-7-10(15)16/h3-4,8H,1-2,5-7H2,(H,15,16). The van der Waals surface area contributed by atoms with Crippen molar-refractivity contribution in [3.05, 3.63) is 22.6 Å². The Hall–Kier alpha value is -0.950. The fourth-order valence-corrected chi connectivity index (χ4v) is 3.75. The summed E-state index contributed by atoms with van der Waals surface area (Å²) in [4.78, 5) is 25.8. The van der Waals surface area contributed by atoms with Gasteiger partial charge < -0.3 is 9.67 Å². The minimum Gasteiger partial charge on any atom is -0.481 e. The van der Waals surface area contributed by atoms with Crippen LogP contribution in [0.25, 0.3) is 0 Å². The fraction of sp³-hybridized carbons (Fsp3) is 0.545. The van der Waals surface area contributed by atoms with Crippen molar-refractivity contribution in [2.75, 3.05) is 17.3 Å². The molecule has 7 heteroatoms. The molecule has 1 aromatic heterocycles. The van der Waals surface area contributed by atoms with Crippen molar-refractivity contribution >= 4 is 29.5 Å². The van der Waals surface area contributed by atoms with Crippen molar-refractivity contribution in [3.63, 3.8) is 0 Å². The first kappa shape index (κ1) is 13.5. The lowest BCUT2D eigenvalue weighted by molar-refractivity contribution is -0.133. The van der Waals surface area contributed by atoms with Crippen LogP contribution in [0.2, 0.25) is 0 Å². The van der Waals surface area contributed by atoms with Crippen LogP contribution < -0.4 is 5.56 Å². The number of nitrogens with zero attached hydrogens (tertiary/aromatic N) is 2. The van der Waals surface area contributed by atoms with Crippen LogP contribution >= 0.6 is 23.5 Å². The Balaban J connectivity index is 2.21. The average Bonchev–Trinajstić information content (AvgIpc) is 2.37. The minimum absolute atomic E-state index is 0.0731. The van der Waals surface area contributed by atoms with Gasteiger partial charge in [-0.25, -0.2) is 0 Å². The van der Waals surface area contributed by atoms with Gasteiger partial charge in [0.1, 0.15) is 0 Å². The molecule has 98 valence electrons. The molecule has 0 spiro atoms. The zero-order valence-electron chi connectivity index (χ0n) is 9.74. The third-order valence-electron chi connectivity index (χ3n) is 2.66. The molecule has 0 aromatic carbocycles. The van der Waals surface area contributed by atoms with Gasteiger partial charge in [0, 0.05) is 24.1 Å². The molecule has 0 bridgehead atoms. The molecule has 5 nitrogen and oxygen atoms in total. The molecule has 1 aliphatic heterocycles. The van der Waals surface area contributed by atoms with E-state index < -0.39 is 5.97 Å². The fourth-order valence-electron chi connectivity index (χ4n) is 1.85. The molecule has 0 aliphatic carbocycles. The second kappa shape index (κ2) is 6.29. The van der Waals surface area contributed by atoms with E-state index in [1.807, 2.05) is 16.3 Å².